The van der Waals surface area contributed by atoms with Crippen molar-refractivity contribution in [2.75, 3.05) is 0 Å². The number of aromatic nitrogens is 2. The Hall–Kier alpha value is -1.03. The summed E-state index contributed by atoms with van der Waals surface area (Å²) >= 11 is 5.61. The molecule has 2 rings (SSSR count). The maximum atomic E-state index is 13.4. The molecule has 0 spiro atoms. The van der Waals surface area contributed by atoms with E-state index in [-0.39, 0.29) is 17.0 Å². The number of carbonyl (C=O) groups excluding carboxylic acids is 1. The van der Waals surface area contributed by atoms with E-state index in [9.17, 15) is 9.18 Å². The van der Waals surface area contributed by atoms with Crippen molar-refractivity contribution >= 4 is 17.4 Å². The SMILES string of the molecule is O=C1CCC[C@H](Cc2nc(Cl)ncc2F)C1. The lowest BCUT2D eigenvalue weighted by Crippen LogP contribution is -2.18. The van der Waals surface area contributed by atoms with Crippen LogP contribution in [-0.2, 0) is 11.2 Å². The average Bonchev–Trinajstić information content (AvgIpc) is 2.24. The molecule has 1 aromatic rings. The second kappa shape index (κ2) is 4.87. The fraction of sp³-hybridized carbons (Fsp3) is 0.545. The molecule has 1 fully saturated rings. The first-order valence-corrected chi connectivity index (χ1v) is 5.71. The minimum absolute atomic E-state index is 0.0542. The number of rotatable bonds is 2. The van der Waals surface area contributed by atoms with Crippen LogP contribution in [0, 0.1) is 11.7 Å². The van der Waals surface area contributed by atoms with Crippen molar-refractivity contribution in [2.45, 2.75) is 32.1 Å². The maximum absolute atomic E-state index is 13.4. The molecule has 5 heteroatoms. The summed E-state index contributed by atoms with van der Waals surface area (Å²) in [7, 11) is 0. The topological polar surface area (TPSA) is 42.9 Å². The summed E-state index contributed by atoms with van der Waals surface area (Å²) in [6, 6.07) is 0. The molecule has 0 unspecified atom stereocenters. The lowest BCUT2D eigenvalue weighted by molar-refractivity contribution is -0.121. The molecule has 1 aromatic heterocycles. The largest absolute Gasteiger partial charge is 0.300 e. The van der Waals surface area contributed by atoms with E-state index >= 15 is 0 Å². The third kappa shape index (κ3) is 2.76. The molecule has 0 N–H and O–H groups in total. The summed E-state index contributed by atoms with van der Waals surface area (Å²) in [5.41, 5.74) is 0.319. The van der Waals surface area contributed by atoms with Gasteiger partial charge in [-0.15, -0.1) is 0 Å². The molecule has 0 bridgehead atoms. The highest BCUT2D eigenvalue weighted by atomic mass is 35.5. The van der Waals surface area contributed by atoms with Gasteiger partial charge in [-0.2, -0.15) is 0 Å². The number of halogens is 2. The Balaban J connectivity index is 2.08. The summed E-state index contributed by atoms with van der Waals surface area (Å²) in [6.07, 6.45) is 4.58. The Labute approximate surface area is 98.0 Å². The van der Waals surface area contributed by atoms with Gasteiger partial charge >= 0.3 is 0 Å². The van der Waals surface area contributed by atoms with E-state index in [0.717, 1.165) is 19.0 Å². The highest BCUT2D eigenvalue weighted by Gasteiger charge is 2.21. The van der Waals surface area contributed by atoms with E-state index in [0.29, 0.717) is 25.0 Å². The summed E-state index contributed by atoms with van der Waals surface area (Å²) in [6.45, 7) is 0. The maximum Gasteiger partial charge on any atom is 0.222 e. The van der Waals surface area contributed by atoms with Crippen LogP contribution in [0.5, 0.6) is 0 Å². The standard InChI is InChI=1S/C11H12ClFN2O/c12-11-14-6-9(13)10(15-11)5-7-2-1-3-8(16)4-7/h6-7H,1-5H2/t7-/m0/s1. The second-order valence-corrected chi connectivity index (χ2v) is 4.48. The molecule has 3 nitrogen and oxygen atoms in total. The van der Waals surface area contributed by atoms with E-state index in [1.54, 1.807) is 0 Å². The minimum Gasteiger partial charge on any atom is -0.300 e. The predicted octanol–water partition coefficient (Wildman–Crippen LogP) is 2.57. The van der Waals surface area contributed by atoms with Crippen LogP contribution in [-0.4, -0.2) is 15.8 Å². The van der Waals surface area contributed by atoms with Gasteiger partial charge in [0.05, 0.1) is 11.9 Å². The minimum atomic E-state index is -0.442. The van der Waals surface area contributed by atoms with Crippen molar-refractivity contribution in [1.82, 2.24) is 9.97 Å². The average molecular weight is 243 g/mol. The lowest BCUT2D eigenvalue weighted by Gasteiger charge is -2.20. The number of ketones is 1. The third-order valence-corrected chi connectivity index (χ3v) is 3.04. The van der Waals surface area contributed by atoms with Crippen LogP contribution in [0.15, 0.2) is 6.20 Å². The highest BCUT2D eigenvalue weighted by molar-refractivity contribution is 6.28. The highest BCUT2D eigenvalue weighted by Crippen LogP contribution is 2.25. The van der Waals surface area contributed by atoms with E-state index in [1.165, 1.54) is 0 Å². The van der Waals surface area contributed by atoms with Crippen LogP contribution < -0.4 is 0 Å². The monoisotopic (exact) mass is 242 g/mol. The molecule has 0 aliphatic heterocycles. The Kier molecular flexibility index (Phi) is 3.49. The molecule has 0 amide bonds. The van der Waals surface area contributed by atoms with Crippen LogP contribution in [0.1, 0.15) is 31.4 Å². The van der Waals surface area contributed by atoms with Crippen molar-refractivity contribution in [1.29, 1.82) is 0 Å². The molecule has 16 heavy (non-hydrogen) atoms. The van der Waals surface area contributed by atoms with Crippen molar-refractivity contribution in [3.05, 3.63) is 23.0 Å². The van der Waals surface area contributed by atoms with Gasteiger partial charge in [-0.3, -0.25) is 4.79 Å². The second-order valence-electron chi connectivity index (χ2n) is 4.14. The summed E-state index contributed by atoms with van der Waals surface area (Å²) in [5, 5.41) is 0.0542. The summed E-state index contributed by atoms with van der Waals surface area (Å²) in [4.78, 5) is 18.7. The number of Topliss-reactive ketones (excluding diaryl/α,β-unsaturated/α-hetero) is 1. The van der Waals surface area contributed by atoms with Crippen molar-refractivity contribution in [2.24, 2.45) is 5.92 Å². The van der Waals surface area contributed by atoms with Crippen LogP contribution >= 0.6 is 11.6 Å². The Morgan fingerprint density at radius 2 is 2.38 bits per heavy atom. The number of nitrogens with zero attached hydrogens (tertiary/aromatic N) is 2. The first kappa shape index (κ1) is 11.5. The molecule has 1 saturated carbocycles. The van der Waals surface area contributed by atoms with Crippen LogP contribution in [0.2, 0.25) is 5.28 Å². The van der Waals surface area contributed by atoms with E-state index in [2.05, 4.69) is 9.97 Å². The summed E-state index contributed by atoms with van der Waals surface area (Å²) in [5.74, 6) is 0.0148. The van der Waals surface area contributed by atoms with Gasteiger partial charge in [0.25, 0.3) is 0 Å². The van der Waals surface area contributed by atoms with Gasteiger partial charge in [-0.1, -0.05) is 0 Å². The normalized spacial score (nSPS) is 21.1. The molecule has 0 radical (unpaired) electrons. The molecular weight excluding hydrogens is 231 g/mol. The van der Waals surface area contributed by atoms with Gasteiger partial charge in [-0.05, 0) is 36.8 Å². The van der Waals surface area contributed by atoms with Crippen LogP contribution in [0.4, 0.5) is 4.39 Å². The number of hydrogen-bond acceptors (Lipinski definition) is 3. The molecule has 1 aliphatic rings. The quantitative estimate of drug-likeness (QED) is 0.749. The van der Waals surface area contributed by atoms with Gasteiger partial charge in [0, 0.05) is 12.8 Å². The number of carbonyl (C=O) groups is 1. The van der Waals surface area contributed by atoms with Crippen molar-refractivity contribution in [3.63, 3.8) is 0 Å². The fourth-order valence-corrected chi connectivity index (χ4v) is 2.23. The first-order valence-electron chi connectivity index (χ1n) is 5.34. The third-order valence-electron chi connectivity index (χ3n) is 2.85. The van der Waals surface area contributed by atoms with Crippen LogP contribution in [0.25, 0.3) is 0 Å². The first-order chi connectivity index (χ1) is 7.65. The van der Waals surface area contributed by atoms with E-state index < -0.39 is 5.82 Å². The van der Waals surface area contributed by atoms with Crippen LogP contribution in [0.3, 0.4) is 0 Å². The molecule has 0 aromatic carbocycles. The van der Waals surface area contributed by atoms with Crippen molar-refractivity contribution < 1.29 is 9.18 Å². The Morgan fingerprint density at radius 1 is 1.56 bits per heavy atom. The molecule has 1 aliphatic carbocycles. The molecular formula is C11H12ClFN2O. The smallest absolute Gasteiger partial charge is 0.222 e. The van der Waals surface area contributed by atoms with Gasteiger partial charge in [0.2, 0.25) is 5.28 Å². The van der Waals surface area contributed by atoms with E-state index in [4.69, 9.17) is 11.6 Å². The van der Waals surface area contributed by atoms with Gasteiger partial charge in [-0.25, -0.2) is 14.4 Å². The zero-order valence-electron chi connectivity index (χ0n) is 8.75. The van der Waals surface area contributed by atoms with Gasteiger partial charge in [0.15, 0.2) is 5.82 Å². The van der Waals surface area contributed by atoms with Crippen molar-refractivity contribution in [3.8, 4) is 0 Å². The Morgan fingerprint density at radius 3 is 3.12 bits per heavy atom. The zero-order chi connectivity index (χ0) is 11.5. The van der Waals surface area contributed by atoms with E-state index in [1.807, 2.05) is 0 Å². The Bertz CT molecular complexity index is 411. The van der Waals surface area contributed by atoms with Gasteiger partial charge in [0.1, 0.15) is 5.78 Å². The molecule has 0 saturated heterocycles. The fourth-order valence-electron chi connectivity index (χ4n) is 2.08. The predicted molar refractivity (Wildman–Crippen MR) is 57.7 cm³/mol. The molecule has 86 valence electrons. The number of hydrogen-bond donors (Lipinski definition) is 0. The summed E-state index contributed by atoms with van der Waals surface area (Å²) < 4.78 is 13.4. The molecule has 1 heterocycles. The zero-order valence-corrected chi connectivity index (χ0v) is 9.50. The molecule has 1 atom stereocenters. The van der Waals surface area contributed by atoms with Gasteiger partial charge < -0.3 is 0 Å². The lowest BCUT2D eigenvalue weighted by atomic mass is 9.85.